The van der Waals surface area contributed by atoms with Crippen molar-refractivity contribution in [1.82, 2.24) is 15.0 Å². The molecule has 0 aliphatic rings. The van der Waals surface area contributed by atoms with E-state index in [9.17, 15) is 13.2 Å². The molecule has 3 aromatic rings. The van der Waals surface area contributed by atoms with E-state index in [-0.39, 0.29) is 6.54 Å². The molecule has 0 atom stereocenters. The summed E-state index contributed by atoms with van der Waals surface area (Å²) in [6.07, 6.45) is -1.17. The molecule has 2 N–H and O–H groups in total. The van der Waals surface area contributed by atoms with Crippen LogP contribution >= 0.6 is 0 Å². The van der Waals surface area contributed by atoms with Crippen molar-refractivity contribution in [3.05, 3.63) is 72.1 Å². The number of aromatic nitrogens is 3. The minimum absolute atomic E-state index is 0.212. The van der Waals surface area contributed by atoms with Gasteiger partial charge in [0.05, 0.1) is 5.56 Å². The summed E-state index contributed by atoms with van der Waals surface area (Å²) in [4.78, 5) is 12.5. The van der Waals surface area contributed by atoms with Gasteiger partial charge in [0.15, 0.2) is 0 Å². The first-order chi connectivity index (χ1) is 12.0. The lowest BCUT2D eigenvalue weighted by atomic mass is 10.1. The van der Waals surface area contributed by atoms with Crippen LogP contribution in [-0.2, 0) is 12.7 Å². The molecule has 0 aliphatic heterocycles. The molecule has 0 fully saturated rings. The molecule has 0 saturated heterocycles. The minimum Gasteiger partial charge on any atom is -0.366 e. The second-order valence-corrected chi connectivity index (χ2v) is 5.16. The first-order valence-corrected chi connectivity index (χ1v) is 7.42. The van der Waals surface area contributed by atoms with Gasteiger partial charge in [-0.15, -0.1) is 0 Å². The van der Waals surface area contributed by atoms with Crippen molar-refractivity contribution in [2.75, 3.05) is 10.6 Å². The van der Waals surface area contributed by atoms with Gasteiger partial charge in [-0.2, -0.15) is 18.2 Å². The van der Waals surface area contributed by atoms with Gasteiger partial charge in [0.25, 0.3) is 0 Å². The Morgan fingerprint density at radius 3 is 2.52 bits per heavy atom. The largest absolute Gasteiger partial charge is 0.416 e. The van der Waals surface area contributed by atoms with Crippen molar-refractivity contribution in [1.29, 1.82) is 0 Å². The average Bonchev–Trinajstić information content (AvgIpc) is 2.61. The van der Waals surface area contributed by atoms with Crippen LogP contribution in [0.4, 0.5) is 30.8 Å². The number of nitrogens with one attached hydrogen (secondary N) is 2. The van der Waals surface area contributed by atoms with Crippen LogP contribution in [0.15, 0.2) is 60.9 Å². The fraction of sp³-hybridized carbons (Fsp3) is 0.118. The van der Waals surface area contributed by atoms with Gasteiger partial charge in [0, 0.05) is 18.9 Å². The van der Waals surface area contributed by atoms with Crippen LogP contribution in [0.25, 0.3) is 0 Å². The third-order valence-electron chi connectivity index (χ3n) is 3.29. The SMILES string of the molecule is FC(F)(F)c1cccc(CNc2ccnc(Nc3ccccn3)n2)c1. The van der Waals surface area contributed by atoms with Gasteiger partial charge in [-0.25, -0.2) is 9.97 Å². The highest BCUT2D eigenvalue weighted by molar-refractivity contribution is 5.50. The molecular formula is C17H14F3N5. The quantitative estimate of drug-likeness (QED) is 0.724. The Morgan fingerprint density at radius 2 is 1.76 bits per heavy atom. The highest BCUT2D eigenvalue weighted by Gasteiger charge is 2.30. The Labute approximate surface area is 142 Å². The van der Waals surface area contributed by atoms with Crippen LogP contribution in [0.1, 0.15) is 11.1 Å². The molecule has 0 saturated carbocycles. The Morgan fingerprint density at radius 1 is 0.880 bits per heavy atom. The van der Waals surface area contributed by atoms with E-state index in [1.54, 1.807) is 36.7 Å². The van der Waals surface area contributed by atoms with Crippen molar-refractivity contribution in [2.24, 2.45) is 0 Å². The fourth-order valence-corrected chi connectivity index (χ4v) is 2.12. The summed E-state index contributed by atoms with van der Waals surface area (Å²) in [6.45, 7) is 0.212. The van der Waals surface area contributed by atoms with E-state index < -0.39 is 11.7 Å². The first-order valence-electron chi connectivity index (χ1n) is 7.42. The lowest BCUT2D eigenvalue weighted by Gasteiger charge is -2.10. The second kappa shape index (κ2) is 7.16. The summed E-state index contributed by atoms with van der Waals surface area (Å²) in [5, 5.41) is 5.94. The fourth-order valence-electron chi connectivity index (χ4n) is 2.12. The smallest absolute Gasteiger partial charge is 0.366 e. The zero-order chi connectivity index (χ0) is 17.7. The maximum absolute atomic E-state index is 12.7. The van der Waals surface area contributed by atoms with E-state index in [0.717, 1.165) is 12.1 Å². The van der Waals surface area contributed by atoms with Gasteiger partial charge >= 0.3 is 6.18 Å². The van der Waals surface area contributed by atoms with Gasteiger partial charge in [-0.3, -0.25) is 0 Å². The summed E-state index contributed by atoms with van der Waals surface area (Å²) in [6, 6.07) is 12.2. The maximum atomic E-state index is 12.7. The molecule has 0 radical (unpaired) electrons. The molecular weight excluding hydrogens is 331 g/mol. The predicted molar refractivity (Wildman–Crippen MR) is 88.3 cm³/mol. The van der Waals surface area contributed by atoms with Gasteiger partial charge in [-0.1, -0.05) is 18.2 Å². The zero-order valence-corrected chi connectivity index (χ0v) is 13.0. The molecule has 1 aromatic carbocycles. The van der Waals surface area contributed by atoms with Crippen molar-refractivity contribution in [3.63, 3.8) is 0 Å². The zero-order valence-electron chi connectivity index (χ0n) is 13.0. The lowest BCUT2D eigenvalue weighted by molar-refractivity contribution is -0.137. The molecule has 2 aromatic heterocycles. The Balaban J connectivity index is 1.67. The monoisotopic (exact) mass is 345 g/mol. The average molecular weight is 345 g/mol. The first kappa shape index (κ1) is 16.7. The van der Waals surface area contributed by atoms with Crippen LogP contribution < -0.4 is 10.6 Å². The summed E-state index contributed by atoms with van der Waals surface area (Å²) in [7, 11) is 0. The summed E-state index contributed by atoms with van der Waals surface area (Å²) in [5.74, 6) is 1.43. The van der Waals surface area contributed by atoms with E-state index in [1.807, 2.05) is 6.07 Å². The Kier molecular flexibility index (Phi) is 4.78. The van der Waals surface area contributed by atoms with Gasteiger partial charge in [0.1, 0.15) is 11.6 Å². The molecule has 8 heteroatoms. The third-order valence-corrected chi connectivity index (χ3v) is 3.29. The molecule has 3 rings (SSSR count). The van der Waals surface area contributed by atoms with Crippen molar-refractivity contribution < 1.29 is 13.2 Å². The summed E-state index contributed by atoms with van der Waals surface area (Å²) < 4.78 is 38.2. The van der Waals surface area contributed by atoms with E-state index in [0.29, 0.717) is 23.1 Å². The van der Waals surface area contributed by atoms with E-state index in [4.69, 9.17) is 0 Å². The second-order valence-electron chi connectivity index (χ2n) is 5.16. The van der Waals surface area contributed by atoms with Crippen LogP contribution in [0.3, 0.4) is 0 Å². The summed E-state index contributed by atoms with van der Waals surface area (Å²) >= 11 is 0. The minimum atomic E-state index is -4.36. The molecule has 2 heterocycles. The third kappa shape index (κ3) is 4.66. The van der Waals surface area contributed by atoms with Gasteiger partial charge in [0.2, 0.25) is 5.95 Å². The van der Waals surface area contributed by atoms with Gasteiger partial charge < -0.3 is 10.6 Å². The standard InChI is InChI=1S/C17H14F3N5/c18-17(19,20)13-5-3-4-12(10-13)11-23-15-7-9-22-16(25-15)24-14-6-1-2-8-21-14/h1-10H,11H2,(H2,21,22,23,24,25). The number of nitrogens with zero attached hydrogens (tertiary/aromatic N) is 3. The van der Waals surface area contributed by atoms with Crippen molar-refractivity contribution in [2.45, 2.75) is 12.7 Å². The molecule has 0 bridgehead atoms. The van der Waals surface area contributed by atoms with E-state index >= 15 is 0 Å². The lowest BCUT2D eigenvalue weighted by Crippen LogP contribution is -2.08. The maximum Gasteiger partial charge on any atom is 0.416 e. The molecule has 0 aliphatic carbocycles. The van der Waals surface area contributed by atoms with Crippen molar-refractivity contribution >= 4 is 17.6 Å². The van der Waals surface area contributed by atoms with Crippen molar-refractivity contribution in [3.8, 4) is 0 Å². The number of benzene rings is 1. The number of pyridine rings is 1. The number of alkyl halides is 3. The number of rotatable bonds is 5. The van der Waals surface area contributed by atoms with E-state index in [1.165, 1.54) is 6.07 Å². The van der Waals surface area contributed by atoms with E-state index in [2.05, 4.69) is 25.6 Å². The Hall–Kier alpha value is -3.16. The van der Waals surface area contributed by atoms with Crippen LogP contribution in [0, 0.1) is 0 Å². The number of hydrogen-bond acceptors (Lipinski definition) is 5. The topological polar surface area (TPSA) is 62.7 Å². The number of halogens is 3. The van der Waals surface area contributed by atoms with Gasteiger partial charge in [-0.05, 0) is 35.9 Å². The molecule has 5 nitrogen and oxygen atoms in total. The molecule has 0 spiro atoms. The normalized spacial score (nSPS) is 11.2. The molecule has 0 unspecified atom stereocenters. The predicted octanol–water partition coefficient (Wildman–Crippen LogP) is 4.25. The molecule has 128 valence electrons. The highest BCUT2D eigenvalue weighted by Crippen LogP contribution is 2.29. The number of anilines is 3. The highest BCUT2D eigenvalue weighted by atomic mass is 19.4. The van der Waals surface area contributed by atoms with Crippen LogP contribution in [-0.4, -0.2) is 15.0 Å². The molecule has 0 amide bonds. The van der Waals surface area contributed by atoms with Crippen LogP contribution in [0.2, 0.25) is 0 Å². The Bertz CT molecular complexity index is 837. The number of hydrogen-bond donors (Lipinski definition) is 2. The summed E-state index contributed by atoms with van der Waals surface area (Å²) in [5.41, 5.74) is -0.167. The molecule has 25 heavy (non-hydrogen) atoms. The van der Waals surface area contributed by atoms with Crippen LogP contribution in [0.5, 0.6) is 0 Å².